The number of benzene rings is 2. The van der Waals surface area contributed by atoms with E-state index < -0.39 is 0 Å². The van der Waals surface area contributed by atoms with Crippen molar-refractivity contribution < 1.29 is 9.59 Å². The quantitative estimate of drug-likeness (QED) is 0.599. The molecule has 174 valence electrons. The van der Waals surface area contributed by atoms with E-state index in [4.69, 9.17) is 0 Å². The molecule has 33 heavy (non-hydrogen) atoms. The molecule has 5 heteroatoms. The maximum absolute atomic E-state index is 13.1. The number of nitrogens with zero attached hydrogens (tertiary/aromatic N) is 1. The zero-order valence-corrected chi connectivity index (χ0v) is 20.6. The van der Waals surface area contributed by atoms with E-state index in [-0.39, 0.29) is 29.8 Å². The summed E-state index contributed by atoms with van der Waals surface area (Å²) in [5.41, 5.74) is 3.57. The van der Waals surface area contributed by atoms with Crippen molar-refractivity contribution in [2.75, 3.05) is 7.05 Å². The number of thioether (sulfide) groups is 1. The van der Waals surface area contributed by atoms with E-state index in [0.29, 0.717) is 5.25 Å². The van der Waals surface area contributed by atoms with Crippen LogP contribution in [0.2, 0.25) is 0 Å². The summed E-state index contributed by atoms with van der Waals surface area (Å²) in [6, 6.07) is 18.8. The van der Waals surface area contributed by atoms with Crippen LogP contribution in [0.15, 0.2) is 59.5 Å². The summed E-state index contributed by atoms with van der Waals surface area (Å²) in [5.74, 6) is 0.186. The molecule has 0 radical (unpaired) electrons. The van der Waals surface area contributed by atoms with Crippen LogP contribution in [-0.4, -0.2) is 41.1 Å². The molecule has 4 unspecified atom stereocenters. The fraction of sp³-hybridized carbons (Fsp3) is 0.429. The Bertz CT molecular complexity index is 1020. The number of carbonyl (C=O) groups is 2. The minimum atomic E-state index is -0.0248. The molecule has 2 fully saturated rings. The molecule has 1 saturated heterocycles. The first kappa shape index (κ1) is 23.6. The van der Waals surface area contributed by atoms with Crippen LogP contribution in [0.5, 0.6) is 0 Å². The number of aryl methyl sites for hydroxylation is 2. The van der Waals surface area contributed by atoms with E-state index in [9.17, 15) is 9.59 Å². The maximum atomic E-state index is 13.1. The highest BCUT2D eigenvalue weighted by Crippen LogP contribution is 2.43. The molecule has 2 aromatic rings. The highest BCUT2D eigenvalue weighted by atomic mass is 32.2. The van der Waals surface area contributed by atoms with Crippen molar-refractivity contribution in [3.05, 3.63) is 76.2 Å². The molecule has 0 bridgehead atoms. The molecule has 4 atom stereocenters. The lowest BCUT2D eigenvalue weighted by Crippen LogP contribution is -2.52. The van der Waals surface area contributed by atoms with E-state index in [0.717, 1.165) is 42.6 Å². The van der Waals surface area contributed by atoms with Crippen molar-refractivity contribution in [2.45, 2.75) is 63.3 Å². The summed E-state index contributed by atoms with van der Waals surface area (Å²) in [7, 11) is 1.90. The van der Waals surface area contributed by atoms with E-state index in [1.54, 1.807) is 11.8 Å². The minimum absolute atomic E-state index is 0.0248. The van der Waals surface area contributed by atoms with Gasteiger partial charge in [-0.25, -0.2) is 0 Å². The number of fused-ring (bicyclic) bond motifs is 1. The van der Waals surface area contributed by atoms with Crippen LogP contribution < -0.4 is 5.32 Å². The smallest absolute Gasteiger partial charge is 0.260 e. The third kappa shape index (κ3) is 5.70. The second-order valence-electron chi connectivity index (χ2n) is 9.45. The second-order valence-corrected chi connectivity index (χ2v) is 10.7. The van der Waals surface area contributed by atoms with E-state index >= 15 is 0 Å². The average molecular weight is 463 g/mol. The molecule has 1 aliphatic heterocycles. The van der Waals surface area contributed by atoms with E-state index in [1.165, 1.54) is 11.1 Å². The number of rotatable bonds is 6. The molecule has 2 amide bonds. The van der Waals surface area contributed by atoms with Gasteiger partial charge in [-0.3, -0.25) is 9.59 Å². The molecular weight excluding hydrogens is 428 g/mol. The number of nitrogens with one attached hydrogen (secondary N) is 1. The fourth-order valence-corrected chi connectivity index (χ4v) is 6.36. The Kier molecular flexibility index (Phi) is 7.59. The first-order valence-electron chi connectivity index (χ1n) is 12.0. The standard InChI is InChI=1S/C28H34N2O2S/c1-19-9-7-8-12-22(19)18-26-28(32)30(3)24-17-23(15-16-25(24)33-26)27(31)29-20(2)13-14-21-10-5-4-6-11-21/h4-12,18,20,23-25H,13-17H2,1-3H3,(H,29,31)/b26-18-. The predicted molar refractivity (Wildman–Crippen MR) is 137 cm³/mol. The van der Waals surface area contributed by atoms with Gasteiger partial charge < -0.3 is 10.2 Å². The number of hydrogen-bond acceptors (Lipinski definition) is 3. The van der Waals surface area contributed by atoms with Crippen LogP contribution in [0.25, 0.3) is 6.08 Å². The molecule has 2 aliphatic rings. The Labute approximate surface area is 201 Å². The van der Waals surface area contributed by atoms with E-state index in [2.05, 4.69) is 55.6 Å². The number of carbonyl (C=O) groups excluding carboxylic acids is 2. The maximum Gasteiger partial charge on any atom is 0.260 e. The number of likely N-dealkylation sites (N-methyl/N-ethyl adjacent to an activating group) is 1. The van der Waals surface area contributed by atoms with Crippen molar-refractivity contribution in [3.63, 3.8) is 0 Å². The first-order valence-corrected chi connectivity index (χ1v) is 12.9. The van der Waals surface area contributed by atoms with Gasteiger partial charge in [-0.05, 0) is 68.7 Å². The largest absolute Gasteiger partial charge is 0.353 e. The van der Waals surface area contributed by atoms with Gasteiger partial charge >= 0.3 is 0 Å². The summed E-state index contributed by atoms with van der Waals surface area (Å²) in [6.45, 7) is 4.16. The first-order chi connectivity index (χ1) is 15.9. The Morgan fingerprint density at radius 1 is 1.15 bits per heavy atom. The molecule has 4 nitrogen and oxygen atoms in total. The van der Waals surface area contributed by atoms with Crippen LogP contribution in [0.4, 0.5) is 0 Å². The van der Waals surface area contributed by atoms with Gasteiger partial charge in [-0.15, -0.1) is 11.8 Å². The zero-order valence-electron chi connectivity index (χ0n) is 19.8. The lowest BCUT2D eigenvalue weighted by atomic mass is 9.83. The molecule has 4 rings (SSSR count). The van der Waals surface area contributed by atoms with Crippen LogP contribution >= 0.6 is 11.8 Å². The van der Waals surface area contributed by atoms with Crippen LogP contribution in [0, 0.1) is 12.8 Å². The van der Waals surface area contributed by atoms with Crippen LogP contribution in [0.3, 0.4) is 0 Å². The summed E-state index contributed by atoms with van der Waals surface area (Å²) in [6.07, 6.45) is 6.49. The number of amides is 2. The van der Waals surface area contributed by atoms with Gasteiger partial charge in [0.2, 0.25) is 5.91 Å². The van der Waals surface area contributed by atoms with Crippen molar-refractivity contribution in [1.29, 1.82) is 0 Å². The number of hydrogen-bond donors (Lipinski definition) is 1. The fourth-order valence-electron chi connectivity index (χ4n) is 4.89. The Balaban J connectivity index is 1.34. The van der Waals surface area contributed by atoms with Gasteiger partial charge in [0.15, 0.2) is 0 Å². The summed E-state index contributed by atoms with van der Waals surface area (Å²) in [4.78, 5) is 28.8. The highest BCUT2D eigenvalue weighted by Gasteiger charge is 2.42. The van der Waals surface area contributed by atoms with E-state index in [1.807, 2.05) is 36.2 Å². The van der Waals surface area contributed by atoms with Gasteiger partial charge in [0.25, 0.3) is 5.91 Å². The molecule has 0 aromatic heterocycles. The van der Waals surface area contributed by atoms with Crippen LogP contribution in [0.1, 0.15) is 49.3 Å². The minimum Gasteiger partial charge on any atom is -0.353 e. The lowest BCUT2D eigenvalue weighted by molar-refractivity contribution is -0.132. The molecule has 1 aliphatic carbocycles. The zero-order chi connectivity index (χ0) is 23.4. The lowest BCUT2D eigenvalue weighted by Gasteiger charge is -2.44. The van der Waals surface area contributed by atoms with Crippen molar-refractivity contribution in [1.82, 2.24) is 10.2 Å². The summed E-state index contributed by atoms with van der Waals surface area (Å²) < 4.78 is 0. The monoisotopic (exact) mass is 462 g/mol. The highest BCUT2D eigenvalue weighted by molar-refractivity contribution is 8.04. The molecule has 2 aromatic carbocycles. The average Bonchev–Trinajstić information content (AvgIpc) is 2.83. The Hall–Kier alpha value is -2.53. The van der Waals surface area contributed by atoms with Crippen LogP contribution in [-0.2, 0) is 16.0 Å². The van der Waals surface area contributed by atoms with Gasteiger partial charge in [0.05, 0.1) is 4.91 Å². The second kappa shape index (κ2) is 10.6. The normalized spacial score (nSPS) is 24.9. The Morgan fingerprint density at radius 3 is 2.64 bits per heavy atom. The molecule has 1 saturated carbocycles. The van der Waals surface area contributed by atoms with Gasteiger partial charge in [0, 0.05) is 30.3 Å². The SMILES string of the molecule is Cc1ccccc1/C=C1\SC2CCC(C(=O)NC(C)CCc3ccccc3)CC2N(C)C1=O. The third-order valence-corrected chi connectivity index (χ3v) is 8.40. The topological polar surface area (TPSA) is 49.4 Å². The Morgan fingerprint density at radius 2 is 1.88 bits per heavy atom. The molecular formula is C28H34N2O2S. The molecule has 1 N–H and O–H groups in total. The molecule has 1 heterocycles. The van der Waals surface area contributed by atoms with Crippen molar-refractivity contribution >= 4 is 29.7 Å². The molecule has 0 spiro atoms. The van der Waals surface area contributed by atoms with Gasteiger partial charge in [-0.1, -0.05) is 54.6 Å². The van der Waals surface area contributed by atoms with Gasteiger partial charge in [0.1, 0.15) is 0 Å². The van der Waals surface area contributed by atoms with Gasteiger partial charge in [-0.2, -0.15) is 0 Å². The summed E-state index contributed by atoms with van der Waals surface area (Å²) in [5, 5.41) is 3.58. The van der Waals surface area contributed by atoms with Crippen molar-refractivity contribution in [3.8, 4) is 0 Å². The summed E-state index contributed by atoms with van der Waals surface area (Å²) >= 11 is 1.70. The van der Waals surface area contributed by atoms with Crippen molar-refractivity contribution in [2.24, 2.45) is 5.92 Å². The predicted octanol–water partition coefficient (Wildman–Crippen LogP) is 5.22. The third-order valence-electron chi connectivity index (χ3n) is 7.01.